The van der Waals surface area contributed by atoms with Crippen LogP contribution in [0.25, 0.3) is 11.1 Å². The predicted octanol–water partition coefficient (Wildman–Crippen LogP) is 6.90. The minimum Gasteiger partial charge on any atom is -0.240 e. The molecular formula is C23H29ClN2. The quantitative estimate of drug-likeness (QED) is 0.496. The molecule has 1 aliphatic carbocycles. The summed E-state index contributed by atoms with van der Waals surface area (Å²) in [6.45, 7) is 2.25. The van der Waals surface area contributed by atoms with Crippen LogP contribution in [0.2, 0.25) is 0 Å². The van der Waals surface area contributed by atoms with E-state index in [9.17, 15) is 0 Å². The molecule has 1 heterocycles. The van der Waals surface area contributed by atoms with Crippen LogP contribution in [0.3, 0.4) is 0 Å². The Bertz CT molecular complexity index is 683. The van der Waals surface area contributed by atoms with Gasteiger partial charge in [-0.05, 0) is 55.6 Å². The molecule has 0 aliphatic heterocycles. The van der Waals surface area contributed by atoms with E-state index in [4.69, 9.17) is 11.6 Å². The third kappa shape index (κ3) is 5.17. The fourth-order valence-corrected chi connectivity index (χ4v) is 4.02. The SMILES string of the molecule is CCCCCc1ccc(-c2cnc([C@H]3CC[C@H](/C=C/Cl)CC3)nc2)cc1. The van der Waals surface area contributed by atoms with Gasteiger partial charge in [-0.1, -0.05) is 61.7 Å². The average molecular weight is 369 g/mol. The van der Waals surface area contributed by atoms with Gasteiger partial charge in [0.25, 0.3) is 0 Å². The van der Waals surface area contributed by atoms with E-state index < -0.39 is 0 Å². The van der Waals surface area contributed by atoms with Crippen molar-refractivity contribution in [3.05, 3.63) is 59.7 Å². The highest BCUT2D eigenvalue weighted by Gasteiger charge is 2.22. The van der Waals surface area contributed by atoms with Crippen molar-refractivity contribution in [2.75, 3.05) is 0 Å². The van der Waals surface area contributed by atoms with E-state index in [-0.39, 0.29) is 0 Å². The standard InChI is InChI=1S/C23H29ClN2/c1-2-3-4-5-18-6-10-20(11-7-18)22-16-25-23(26-17-22)21-12-8-19(9-13-21)14-15-24/h6-7,10-11,14-17,19,21H,2-5,8-9,12-13H2,1H3/b15-14+/t19-,21-. The summed E-state index contributed by atoms with van der Waals surface area (Å²) in [5.74, 6) is 2.11. The van der Waals surface area contributed by atoms with Crippen LogP contribution in [-0.4, -0.2) is 9.97 Å². The zero-order chi connectivity index (χ0) is 18.2. The third-order valence-electron chi connectivity index (χ3n) is 5.51. The van der Waals surface area contributed by atoms with Gasteiger partial charge in [-0.15, -0.1) is 0 Å². The lowest BCUT2D eigenvalue weighted by atomic mass is 9.81. The zero-order valence-electron chi connectivity index (χ0n) is 15.7. The van der Waals surface area contributed by atoms with Gasteiger partial charge in [0.05, 0.1) is 0 Å². The van der Waals surface area contributed by atoms with Crippen molar-refractivity contribution >= 4 is 11.6 Å². The number of aryl methyl sites for hydroxylation is 1. The molecule has 3 rings (SSSR count). The third-order valence-corrected chi connectivity index (χ3v) is 5.66. The van der Waals surface area contributed by atoms with Gasteiger partial charge in [0.2, 0.25) is 0 Å². The Morgan fingerprint density at radius 1 is 0.962 bits per heavy atom. The number of nitrogens with zero attached hydrogens (tertiary/aromatic N) is 2. The maximum Gasteiger partial charge on any atom is 0.131 e. The summed E-state index contributed by atoms with van der Waals surface area (Å²) in [5.41, 5.74) is 5.38. The maximum atomic E-state index is 5.70. The topological polar surface area (TPSA) is 25.8 Å². The lowest BCUT2D eigenvalue weighted by molar-refractivity contribution is 0.366. The summed E-state index contributed by atoms with van der Waals surface area (Å²) in [6.07, 6.45) is 15.8. The molecule has 26 heavy (non-hydrogen) atoms. The van der Waals surface area contributed by atoms with Crippen molar-refractivity contribution in [1.82, 2.24) is 9.97 Å². The molecule has 3 heteroatoms. The highest BCUT2D eigenvalue weighted by atomic mass is 35.5. The number of allylic oxidation sites excluding steroid dienone is 1. The molecule has 1 fully saturated rings. The van der Waals surface area contributed by atoms with Gasteiger partial charge in [0.15, 0.2) is 0 Å². The first kappa shape index (κ1) is 19.1. The fourth-order valence-electron chi connectivity index (χ4n) is 3.81. The molecule has 2 nitrogen and oxygen atoms in total. The van der Waals surface area contributed by atoms with E-state index in [0.717, 1.165) is 24.2 Å². The monoisotopic (exact) mass is 368 g/mol. The molecule has 1 aliphatic rings. The van der Waals surface area contributed by atoms with Gasteiger partial charge in [-0.2, -0.15) is 0 Å². The first-order valence-corrected chi connectivity index (χ1v) is 10.4. The van der Waals surface area contributed by atoms with Gasteiger partial charge in [0.1, 0.15) is 5.82 Å². The maximum absolute atomic E-state index is 5.70. The molecule has 1 aromatic carbocycles. The molecule has 0 spiro atoms. The van der Waals surface area contributed by atoms with E-state index in [1.165, 1.54) is 49.7 Å². The lowest BCUT2D eigenvalue weighted by Gasteiger charge is -2.25. The molecule has 0 bridgehead atoms. The van der Waals surface area contributed by atoms with Crippen LogP contribution < -0.4 is 0 Å². The first-order valence-electron chi connectivity index (χ1n) is 9.98. The molecule has 1 aromatic heterocycles. The average Bonchev–Trinajstić information content (AvgIpc) is 2.70. The Morgan fingerprint density at radius 3 is 2.27 bits per heavy atom. The van der Waals surface area contributed by atoms with Crippen LogP contribution >= 0.6 is 11.6 Å². The molecule has 0 unspecified atom stereocenters. The number of hydrogen-bond acceptors (Lipinski definition) is 2. The van der Waals surface area contributed by atoms with E-state index in [1.54, 1.807) is 5.54 Å². The molecule has 0 saturated heterocycles. The molecule has 1 saturated carbocycles. The van der Waals surface area contributed by atoms with Crippen molar-refractivity contribution in [2.24, 2.45) is 5.92 Å². The number of hydrogen-bond donors (Lipinski definition) is 0. The second-order valence-corrected chi connectivity index (χ2v) is 7.67. The van der Waals surface area contributed by atoms with Gasteiger partial charge >= 0.3 is 0 Å². The van der Waals surface area contributed by atoms with Crippen LogP contribution in [0, 0.1) is 5.92 Å². The molecule has 138 valence electrons. The second-order valence-electron chi connectivity index (χ2n) is 7.41. The fraction of sp³-hybridized carbons (Fsp3) is 0.478. The predicted molar refractivity (Wildman–Crippen MR) is 110 cm³/mol. The number of benzene rings is 1. The summed E-state index contributed by atoms with van der Waals surface area (Å²) in [4.78, 5) is 9.36. The highest BCUT2D eigenvalue weighted by molar-refractivity contribution is 6.25. The molecule has 2 aromatic rings. The Morgan fingerprint density at radius 2 is 1.65 bits per heavy atom. The minimum atomic E-state index is 0.491. The van der Waals surface area contributed by atoms with E-state index in [0.29, 0.717) is 11.8 Å². The van der Waals surface area contributed by atoms with Crippen molar-refractivity contribution in [2.45, 2.75) is 64.2 Å². The summed E-state index contributed by atoms with van der Waals surface area (Å²) < 4.78 is 0. The lowest BCUT2D eigenvalue weighted by Crippen LogP contribution is -2.13. The van der Waals surface area contributed by atoms with E-state index in [2.05, 4.69) is 47.2 Å². The number of aromatic nitrogens is 2. The van der Waals surface area contributed by atoms with Gasteiger partial charge in [0, 0.05) is 29.4 Å². The normalized spacial score (nSPS) is 20.5. The Balaban J connectivity index is 1.59. The number of unbranched alkanes of at least 4 members (excludes halogenated alkanes) is 2. The van der Waals surface area contributed by atoms with Crippen molar-refractivity contribution in [3.63, 3.8) is 0 Å². The molecule has 0 radical (unpaired) electrons. The molecule has 0 N–H and O–H groups in total. The van der Waals surface area contributed by atoms with Gasteiger partial charge < -0.3 is 0 Å². The Kier molecular flexibility index (Phi) is 7.25. The van der Waals surface area contributed by atoms with Crippen molar-refractivity contribution in [1.29, 1.82) is 0 Å². The molecular weight excluding hydrogens is 340 g/mol. The highest BCUT2D eigenvalue weighted by Crippen LogP contribution is 2.35. The summed E-state index contributed by atoms with van der Waals surface area (Å²) in [7, 11) is 0. The summed E-state index contributed by atoms with van der Waals surface area (Å²) in [5, 5.41) is 0. The molecule has 0 amide bonds. The first-order chi connectivity index (χ1) is 12.8. The van der Waals surface area contributed by atoms with Crippen LogP contribution in [0.15, 0.2) is 48.3 Å². The summed E-state index contributed by atoms with van der Waals surface area (Å²) in [6, 6.07) is 8.88. The van der Waals surface area contributed by atoms with Gasteiger partial charge in [-0.3, -0.25) is 0 Å². The van der Waals surface area contributed by atoms with E-state index >= 15 is 0 Å². The van der Waals surface area contributed by atoms with Gasteiger partial charge in [-0.25, -0.2) is 9.97 Å². The largest absolute Gasteiger partial charge is 0.240 e. The Labute approximate surface area is 162 Å². The van der Waals surface area contributed by atoms with Crippen molar-refractivity contribution < 1.29 is 0 Å². The van der Waals surface area contributed by atoms with E-state index in [1.807, 2.05) is 12.4 Å². The minimum absolute atomic E-state index is 0.491. The van der Waals surface area contributed by atoms with Crippen LogP contribution in [0.4, 0.5) is 0 Å². The Hall–Kier alpha value is -1.67. The number of halogens is 1. The smallest absolute Gasteiger partial charge is 0.131 e. The molecule has 0 atom stereocenters. The zero-order valence-corrected chi connectivity index (χ0v) is 16.5. The van der Waals surface area contributed by atoms with Crippen LogP contribution in [-0.2, 0) is 6.42 Å². The van der Waals surface area contributed by atoms with Crippen molar-refractivity contribution in [3.8, 4) is 11.1 Å². The number of rotatable bonds is 7. The summed E-state index contributed by atoms with van der Waals surface area (Å²) >= 11 is 5.70. The second kappa shape index (κ2) is 9.87. The van der Waals surface area contributed by atoms with Crippen LogP contribution in [0.5, 0.6) is 0 Å². The van der Waals surface area contributed by atoms with Crippen LogP contribution in [0.1, 0.15) is 69.2 Å².